The molecule has 1 aromatic rings. The van der Waals surface area contributed by atoms with Gasteiger partial charge in [0.1, 0.15) is 5.78 Å². The Morgan fingerprint density at radius 3 is 2.96 bits per heavy atom. The summed E-state index contributed by atoms with van der Waals surface area (Å²) in [5.74, 6) is -0.504. The van der Waals surface area contributed by atoms with Crippen LogP contribution in [-0.2, 0) is 11.3 Å². The zero-order valence-corrected chi connectivity index (χ0v) is 15.4. The van der Waals surface area contributed by atoms with E-state index in [1.807, 2.05) is 24.4 Å². The van der Waals surface area contributed by atoms with Gasteiger partial charge in [-0.15, -0.1) is 0 Å². The quantitative estimate of drug-likeness (QED) is 0.783. The van der Waals surface area contributed by atoms with E-state index in [-0.39, 0.29) is 23.1 Å². The molecule has 4 rings (SSSR count). The minimum atomic E-state index is -0.295. The highest BCUT2D eigenvalue weighted by Gasteiger charge is 2.35. The van der Waals surface area contributed by atoms with Gasteiger partial charge in [-0.2, -0.15) is 0 Å². The Morgan fingerprint density at radius 1 is 1.38 bits per heavy atom. The van der Waals surface area contributed by atoms with E-state index in [0.29, 0.717) is 25.9 Å². The Bertz CT molecular complexity index is 922. The normalized spacial score (nSPS) is 22.8. The standard InChI is InChI=1S/C18H16ClN4O2P/c1-11-14(17-20-10-21-26-17)9-22-5-6-23(18(25)15(22)16(11)24)8-12-3-2-4-13(19)7-12/h2-7,9-10,17,24,26H,1,8H2,(H,20,21). The molecule has 1 aromatic carbocycles. The molecule has 0 aliphatic carbocycles. The molecular weight excluding hydrogens is 371 g/mol. The second-order valence-corrected chi connectivity index (χ2v) is 7.56. The number of rotatable bonds is 3. The fraction of sp³-hybridized carbons (Fsp3) is 0.111. The Morgan fingerprint density at radius 2 is 2.23 bits per heavy atom. The molecule has 26 heavy (non-hydrogen) atoms. The highest BCUT2D eigenvalue weighted by Crippen LogP contribution is 2.38. The number of halogens is 1. The van der Waals surface area contributed by atoms with Crippen LogP contribution in [0.3, 0.4) is 0 Å². The first-order valence-electron chi connectivity index (χ1n) is 7.94. The van der Waals surface area contributed by atoms with Crippen molar-refractivity contribution in [3.05, 3.63) is 82.6 Å². The van der Waals surface area contributed by atoms with E-state index < -0.39 is 0 Å². The molecule has 0 bridgehead atoms. The predicted octanol–water partition coefficient (Wildman–Crippen LogP) is 3.23. The zero-order valence-electron chi connectivity index (χ0n) is 13.7. The number of carbonyl (C=O) groups is 1. The van der Waals surface area contributed by atoms with Crippen LogP contribution >= 0.6 is 20.3 Å². The number of allylic oxidation sites excluding steroid dienone is 1. The van der Waals surface area contributed by atoms with E-state index >= 15 is 0 Å². The third kappa shape index (κ3) is 2.91. The maximum atomic E-state index is 12.9. The summed E-state index contributed by atoms with van der Waals surface area (Å²) in [6.07, 6.45) is 6.90. The third-order valence-electron chi connectivity index (χ3n) is 4.31. The van der Waals surface area contributed by atoms with Crippen LogP contribution in [0.15, 0.2) is 77.0 Å². The van der Waals surface area contributed by atoms with Crippen molar-refractivity contribution in [1.82, 2.24) is 14.9 Å². The van der Waals surface area contributed by atoms with E-state index in [1.54, 1.807) is 29.7 Å². The van der Waals surface area contributed by atoms with Crippen molar-refractivity contribution < 1.29 is 9.90 Å². The summed E-state index contributed by atoms with van der Waals surface area (Å²) in [6, 6.07) is 7.34. The Kier molecular flexibility index (Phi) is 4.31. The molecule has 6 nitrogen and oxygen atoms in total. The number of nitrogens with zero attached hydrogens (tertiary/aromatic N) is 3. The summed E-state index contributed by atoms with van der Waals surface area (Å²) in [6.45, 7) is 4.32. The van der Waals surface area contributed by atoms with Crippen molar-refractivity contribution in [2.24, 2.45) is 4.99 Å². The monoisotopic (exact) mass is 386 g/mol. The van der Waals surface area contributed by atoms with E-state index in [1.165, 1.54) is 4.90 Å². The molecule has 3 aliphatic rings. The van der Waals surface area contributed by atoms with Crippen molar-refractivity contribution in [2.75, 3.05) is 0 Å². The fourth-order valence-electron chi connectivity index (χ4n) is 3.00. The van der Waals surface area contributed by atoms with Crippen LogP contribution in [0.25, 0.3) is 0 Å². The lowest BCUT2D eigenvalue weighted by atomic mass is 10.00. The van der Waals surface area contributed by atoms with Crippen LogP contribution < -0.4 is 5.09 Å². The van der Waals surface area contributed by atoms with E-state index in [4.69, 9.17) is 11.6 Å². The molecule has 1 amide bonds. The molecule has 2 atom stereocenters. The molecule has 0 spiro atoms. The minimum Gasteiger partial charge on any atom is -0.505 e. The zero-order chi connectivity index (χ0) is 18.3. The van der Waals surface area contributed by atoms with Gasteiger partial charge in [-0.05, 0) is 17.7 Å². The number of amides is 1. The summed E-state index contributed by atoms with van der Waals surface area (Å²) in [5.41, 5.74) is 2.33. The van der Waals surface area contributed by atoms with Crippen LogP contribution in [0.1, 0.15) is 5.56 Å². The molecule has 8 heteroatoms. The van der Waals surface area contributed by atoms with Gasteiger partial charge < -0.3 is 20.0 Å². The summed E-state index contributed by atoms with van der Waals surface area (Å²) in [5, 5.41) is 14.3. The lowest BCUT2D eigenvalue weighted by Crippen LogP contribution is -2.38. The maximum Gasteiger partial charge on any atom is 0.279 e. The number of aliphatic hydroxyl groups excluding tert-OH is 1. The summed E-state index contributed by atoms with van der Waals surface area (Å²) in [4.78, 5) is 20.4. The highest BCUT2D eigenvalue weighted by molar-refractivity contribution is 7.38. The van der Waals surface area contributed by atoms with Gasteiger partial charge in [0, 0.05) is 43.5 Å². The largest absolute Gasteiger partial charge is 0.505 e. The van der Waals surface area contributed by atoms with Gasteiger partial charge in [-0.3, -0.25) is 9.79 Å². The fourth-order valence-corrected chi connectivity index (χ4v) is 4.07. The molecule has 0 radical (unpaired) electrons. The second kappa shape index (κ2) is 6.63. The number of hydrogen-bond acceptors (Lipinski definition) is 5. The lowest BCUT2D eigenvalue weighted by Gasteiger charge is -2.34. The van der Waals surface area contributed by atoms with Crippen LogP contribution in [0, 0.1) is 0 Å². The highest BCUT2D eigenvalue weighted by atomic mass is 35.5. The number of aliphatic imine (C=N–C) groups is 1. The molecular formula is C18H16ClN4O2P. The minimum absolute atomic E-state index is 0.0980. The maximum absolute atomic E-state index is 12.9. The second-order valence-electron chi connectivity index (χ2n) is 6.00. The van der Waals surface area contributed by atoms with Crippen LogP contribution in [0.4, 0.5) is 0 Å². The first kappa shape index (κ1) is 16.9. The molecule has 0 fully saturated rings. The number of aliphatic hydroxyl groups is 1. The number of carbonyl (C=O) groups excluding carboxylic acids is 1. The molecule has 0 saturated heterocycles. The number of fused-ring (bicyclic) bond motifs is 1. The Labute approximate surface area is 157 Å². The third-order valence-corrected chi connectivity index (χ3v) is 5.57. The average molecular weight is 387 g/mol. The lowest BCUT2D eigenvalue weighted by molar-refractivity contribution is -0.127. The van der Waals surface area contributed by atoms with Crippen molar-refractivity contribution in [3.63, 3.8) is 0 Å². The van der Waals surface area contributed by atoms with Gasteiger partial charge in [0.05, 0.1) is 12.9 Å². The Balaban J connectivity index is 1.64. The summed E-state index contributed by atoms with van der Waals surface area (Å²) < 4.78 is 0. The Hall–Kier alpha value is -2.56. The number of benzene rings is 1. The molecule has 0 aromatic heterocycles. The molecule has 2 N–H and O–H groups in total. The van der Waals surface area contributed by atoms with Crippen molar-refractivity contribution in [1.29, 1.82) is 0 Å². The van der Waals surface area contributed by atoms with Gasteiger partial charge >= 0.3 is 0 Å². The van der Waals surface area contributed by atoms with Gasteiger partial charge in [-0.1, -0.05) is 30.3 Å². The molecule has 0 saturated carbocycles. The van der Waals surface area contributed by atoms with E-state index in [2.05, 4.69) is 16.7 Å². The smallest absolute Gasteiger partial charge is 0.279 e. The molecule has 3 aliphatic heterocycles. The average Bonchev–Trinajstić information content (AvgIpc) is 3.14. The number of hydrogen-bond donors (Lipinski definition) is 2. The number of nitrogens with one attached hydrogen (secondary N) is 1. The van der Waals surface area contributed by atoms with E-state index in [9.17, 15) is 9.90 Å². The van der Waals surface area contributed by atoms with Gasteiger partial charge in [0.25, 0.3) is 5.91 Å². The first-order valence-corrected chi connectivity index (χ1v) is 9.39. The molecule has 3 heterocycles. The van der Waals surface area contributed by atoms with Gasteiger partial charge in [0.15, 0.2) is 11.5 Å². The van der Waals surface area contributed by atoms with Crippen LogP contribution in [0.2, 0.25) is 5.02 Å². The SMILES string of the molecule is C=C1C(C2N=CNP2)=CN2C=CN(Cc3cccc(Cl)c3)C(=O)C2=C1O. The van der Waals surface area contributed by atoms with Gasteiger partial charge in [0.2, 0.25) is 0 Å². The summed E-state index contributed by atoms with van der Waals surface area (Å²) >= 11 is 6.02. The van der Waals surface area contributed by atoms with Crippen LogP contribution in [0.5, 0.6) is 0 Å². The molecule has 2 unspecified atom stereocenters. The van der Waals surface area contributed by atoms with E-state index in [0.717, 1.165) is 11.1 Å². The first-order chi connectivity index (χ1) is 12.5. The van der Waals surface area contributed by atoms with Gasteiger partial charge in [-0.25, -0.2) is 0 Å². The van der Waals surface area contributed by atoms with Crippen molar-refractivity contribution in [3.8, 4) is 0 Å². The molecule has 132 valence electrons. The van der Waals surface area contributed by atoms with Crippen molar-refractivity contribution >= 4 is 32.6 Å². The van der Waals surface area contributed by atoms with Crippen LogP contribution in [-0.4, -0.2) is 32.9 Å². The predicted molar refractivity (Wildman–Crippen MR) is 104 cm³/mol. The summed E-state index contributed by atoms with van der Waals surface area (Å²) in [7, 11) is 0.383. The topological polar surface area (TPSA) is 68.2 Å². The van der Waals surface area contributed by atoms with Crippen molar-refractivity contribution in [2.45, 2.75) is 12.3 Å².